The SMILES string of the molecule is CN(C(=O)Oc1ccc2c(c1)C(=O)N(C1CCC(=O)NC1=O)C2=O)c1ccc(Cl)c(C#CC2CC2)c1. The van der Waals surface area contributed by atoms with E-state index in [0.29, 0.717) is 22.2 Å². The molecule has 1 saturated heterocycles. The molecule has 1 unspecified atom stereocenters. The Morgan fingerprint density at radius 3 is 2.53 bits per heavy atom. The second kappa shape index (κ2) is 9.13. The molecular formula is C26H20ClN3O6. The van der Waals surface area contributed by atoms with Gasteiger partial charge in [0.1, 0.15) is 11.8 Å². The van der Waals surface area contributed by atoms with Gasteiger partial charge in [-0.2, -0.15) is 0 Å². The van der Waals surface area contributed by atoms with Crippen molar-refractivity contribution >= 4 is 47.0 Å². The zero-order valence-electron chi connectivity index (χ0n) is 19.2. The maximum atomic E-state index is 13.0. The molecule has 1 aliphatic carbocycles. The summed E-state index contributed by atoms with van der Waals surface area (Å²) in [7, 11) is 1.52. The van der Waals surface area contributed by atoms with Crippen LogP contribution in [0.2, 0.25) is 5.02 Å². The van der Waals surface area contributed by atoms with Gasteiger partial charge in [0.15, 0.2) is 0 Å². The number of carbonyl (C=O) groups is 5. The predicted molar refractivity (Wildman–Crippen MR) is 129 cm³/mol. The number of amides is 5. The van der Waals surface area contributed by atoms with Crippen LogP contribution in [0.5, 0.6) is 5.75 Å². The number of nitrogens with zero attached hydrogens (tertiary/aromatic N) is 2. The van der Waals surface area contributed by atoms with Gasteiger partial charge in [0, 0.05) is 30.6 Å². The van der Waals surface area contributed by atoms with Crippen LogP contribution in [0, 0.1) is 17.8 Å². The Balaban J connectivity index is 1.32. The van der Waals surface area contributed by atoms with E-state index >= 15 is 0 Å². The molecule has 0 spiro atoms. The lowest BCUT2D eigenvalue weighted by atomic mass is 10.0. The maximum absolute atomic E-state index is 13.0. The molecule has 0 radical (unpaired) electrons. The molecule has 0 aromatic heterocycles. The maximum Gasteiger partial charge on any atom is 0.419 e. The first kappa shape index (κ1) is 23.6. The fourth-order valence-corrected chi connectivity index (χ4v) is 4.18. The van der Waals surface area contributed by atoms with Gasteiger partial charge in [-0.3, -0.25) is 34.3 Å². The lowest BCUT2D eigenvalue weighted by Gasteiger charge is -2.27. The number of ether oxygens (including phenoxy) is 1. The van der Waals surface area contributed by atoms with Gasteiger partial charge in [-0.15, -0.1) is 0 Å². The molecule has 10 heteroatoms. The van der Waals surface area contributed by atoms with Crippen molar-refractivity contribution in [1.29, 1.82) is 0 Å². The van der Waals surface area contributed by atoms with E-state index in [-0.39, 0.29) is 29.7 Å². The number of carbonyl (C=O) groups excluding carboxylic acids is 5. The predicted octanol–water partition coefficient (Wildman–Crippen LogP) is 3.14. The Labute approximate surface area is 211 Å². The quantitative estimate of drug-likeness (QED) is 0.506. The average molecular weight is 506 g/mol. The largest absolute Gasteiger partial charge is 0.419 e. The van der Waals surface area contributed by atoms with Crippen LogP contribution in [0.1, 0.15) is 52.0 Å². The summed E-state index contributed by atoms with van der Waals surface area (Å²) in [5.41, 5.74) is 1.23. The zero-order valence-corrected chi connectivity index (χ0v) is 19.9. The molecular weight excluding hydrogens is 486 g/mol. The van der Waals surface area contributed by atoms with Gasteiger partial charge in [0.05, 0.1) is 16.1 Å². The topological polar surface area (TPSA) is 113 Å². The van der Waals surface area contributed by atoms with Crippen molar-refractivity contribution in [2.24, 2.45) is 5.92 Å². The fourth-order valence-electron chi connectivity index (χ4n) is 4.01. The van der Waals surface area contributed by atoms with Gasteiger partial charge in [-0.25, -0.2) is 4.79 Å². The van der Waals surface area contributed by atoms with E-state index in [9.17, 15) is 24.0 Å². The van der Waals surface area contributed by atoms with Crippen LogP contribution in [0.4, 0.5) is 10.5 Å². The number of imide groups is 2. The first-order chi connectivity index (χ1) is 17.2. The average Bonchev–Trinajstić information content (AvgIpc) is 3.65. The second-order valence-corrected chi connectivity index (χ2v) is 9.20. The van der Waals surface area contributed by atoms with E-state index in [2.05, 4.69) is 17.2 Å². The number of halogens is 1. The van der Waals surface area contributed by atoms with Gasteiger partial charge >= 0.3 is 6.09 Å². The minimum absolute atomic E-state index is 0.0155. The number of rotatable bonds is 3. The van der Waals surface area contributed by atoms with Crippen LogP contribution in [0.15, 0.2) is 36.4 Å². The van der Waals surface area contributed by atoms with Crippen molar-refractivity contribution in [1.82, 2.24) is 10.2 Å². The van der Waals surface area contributed by atoms with Crippen molar-refractivity contribution in [3.63, 3.8) is 0 Å². The number of hydrogen-bond donors (Lipinski definition) is 1. The molecule has 0 bridgehead atoms. The summed E-state index contributed by atoms with van der Waals surface area (Å²) in [5.74, 6) is 4.17. The molecule has 2 heterocycles. The lowest BCUT2D eigenvalue weighted by Crippen LogP contribution is -2.54. The standard InChI is InChI=1S/C26H20ClN3O6/c1-29(16-6-9-20(27)15(12-16)5-4-14-2-3-14)26(35)36-17-7-8-18-19(13-17)25(34)30(24(18)33)21-10-11-22(31)28-23(21)32/h6-9,12-14,21H,2-3,10-11H2,1H3,(H,28,31,32). The van der Waals surface area contributed by atoms with Crippen LogP contribution in [0.3, 0.4) is 0 Å². The van der Waals surface area contributed by atoms with Crippen molar-refractivity contribution in [2.45, 2.75) is 31.7 Å². The van der Waals surface area contributed by atoms with E-state index in [0.717, 1.165) is 17.7 Å². The number of hydrogen-bond acceptors (Lipinski definition) is 6. The first-order valence-electron chi connectivity index (χ1n) is 11.3. The third-order valence-corrected chi connectivity index (χ3v) is 6.55. The summed E-state index contributed by atoms with van der Waals surface area (Å²) in [5, 5.41) is 2.63. The Kier molecular flexibility index (Phi) is 5.98. The summed E-state index contributed by atoms with van der Waals surface area (Å²) < 4.78 is 5.45. The number of anilines is 1. The number of benzene rings is 2. The third kappa shape index (κ3) is 4.43. The van der Waals surface area contributed by atoms with Gasteiger partial charge < -0.3 is 4.74 Å². The van der Waals surface area contributed by atoms with Crippen molar-refractivity contribution in [2.75, 3.05) is 11.9 Å². The fraction of sp³-hybridized carbons (Fsp3) is 0.269. The molecule has 1 saturated carbocycles. The molecule has 2 aromatic carbocycles. The number of fused-ring (bicyclic) bond motifs is 1. The highest BCUT2D eigenvalue weighted by Crippen LogP contribution is 2.31. The smallest absolute Gasteiger partial charge is 0.410 e. The highest BCUT2D eigenvalue weighted by molar-refractivity contribution is 6.31. The van der Waals surface area contributed by atoms with Crippen molar-refractivity contribution in [3.05, 3.63) is 58.1 Å². The van der Waals surface area contributed by atoms with Crippen LogP contribution in [0.25, 0.3) is 0 Å². The molecule has 3 aliphatic rings. The van der Waals surface area contributed by atoms with E-state index in [1.54, 1.807) is 18.2 Å². The van der Waals surface area contributed by atoms with E-state index in [4.69, 9.17) is 16.3 Å². The monoisotopic (exact) mass is 505 g/mol. The van der Waals surface area contributed by atoms with Crippen LogP contribution in [-0.4, -0.2) is 47.7 Å². The minimum atomic E-state index is -1.07. The van der Waals surface area contributed by atoms with Crippen LogP contribution < -0.4 is 15.0 Å². The van der Waals surface area contributed by atoms with E-state index < -0.39 is 35.8 Å². The van der Waals surface area contributed by atoms with E-state index in [1.807, 2.05) is 0 Å². The first-order valence-corrected chi connectivity index (χ1v) is 11.7. The summed E-state index contributed by atoms with van der Waals surface area (Å²) in [6, 6.07) is 8.00. The summed E-state index contributed by atoms with van der Waals surface area (Å²) in [6.45, 7) is 0. The Hall–Kier alpha value is -4.16. The summed E-state index contributed by atoms with van der Waals surface area (Å²) in [4.78, 5) is 64.4. The molecule has 36 heavy (non-hydrogen) atoms. The Morgan fingerprint density at radius 1 is 1.06 bits per heavy atom. The Morgan fingerprint density at radius 2 is 1.81 bits per heavy atom. The van der Waals surface area contributed by atoms with E-state index in [1.165, 1.54) is 30.1 Å². The molecule has 2 fully saturated rings. The normalized spacial score (nSPS) is 18.8. The molecule has 2 aliphatic heterocycles. The highest BCUT2D eigenvalue weighted by Gasteiger charge is 2.44. The summed E-state index contributed by atoms with van der Waals surface area (Å²) in [6.07, 6.45) is 1.51. The third-order valence-electron chi connectivity index (χ3n) is 6.22. The molecule has 5 rings (SSSR count). The van der Waals surface area contributed by atoms with Gasteiger partial charge in [0.2, 0.25) is 11.8 Å². The Bertz CT molecular complexity index is 1400. The summed E-state index contributed by atoms with van der Waals surface area (Å²) >= 11 is 6.24. The molecule has 2 aromatic rings. The van der Waals surface area contributed by atoms with Gasteiger partial charge in [0.25, 0.3) is 11.8 Å². The van der Waals surface area contributed by atoms with Crippen molar-refractivity contribution in [3.8, 4) is 17.6 Å². The van der Waals surface area contributed by atoms with Gasteiger partial charge in [-0.05, 0) is 55.7 Å². The molecule has 9 nitrogen and oxygen atoms in total. The number of piperidine rings is 1. The molecule has 1 N–H and O–H groups in total. The van der Waals surface area contributed by atoms with Crippen LogP contribution >= 0.6 is 11.6 Å². The molecule has 182 valence electrons. The minimum Gasteiger partial charge on any atom is -0.410 e. The number of nitrogens with one attached hydrogen (secondary N) is 1. The molecule has 5 amide bonds. The van der Waals surface area contributed by atoms with Crippen molar-refractivity contribution < 1.29 is 28.7 Å². The zero-order chi connectivity index (χ0) is 25.6. The van der Waals surface area contributed by atoms with Crippen LogP contribution in [-0.2, 0) is 9.59 Å². The molecule has 1 atom stereocenters. The lowest BCUT2D eigenvalue weighted by molar-refractivity contribution is -0.136. The highest BCUT2D eigenvalue weighted by atomic mass is 35.5. The van der Waals surface area contributed by atoms with Gasteiger partial charge in [-0.1, -0.05) is 23.4 Å². The second-order valence-electron chi connectivity index (χ2n) is 8.79.